The second kappa shape index (κ2) is 8.17. The van der Waals surface area contributed by atoms with Gasteiger partial charge in [-0.2, -0.15) is 0 Å². The molecule has 1 fully saturated rings. The zero-order chi connectivity index (χ0) is 18.5. The van der Waals surface area contributed by atoms with E-state index in [2.05, 4.69) is 22.7 Å². The lowest BCUT2D eigenvalue weighted by Gasteiger charge is -2.26. The lowest BCUT2D eigenvalue weighted by molar-refractivity contribution is -0.125. The van der Waals surface area contributed by atoms with E-state index in [1.54, 1.807) is 13.0 Å². The van der Waals surface area contributed by atoms with Crippen LogP contribution in [0.1, 0.15) is 43.9 Å². The van der Waals surface area contributed by atoms with Gasteiger partial charge in [0.05, 0.1) is 0 Å². The van der Waals surface area contributed by atoms with Crippen molar-refractivity contribution in [2.45, 2.75) is 46.0 Å². The Labute approximate surface area is 153 Å². The molecule has 0 atom stereocenters. The van der Waals surface area contributed by atoms with Crippen molar-refractivity contribution in [1.29, 1.82) is 0 Å². The van der Waals surface area contributed by atoms with E-state index >= 15 is 0 Å². The zero-order valence-corrected chi connectivity index (χ0v) is 15.2. The summed E-state index contributed by atoms with van der Waals surface area (Å²) in [5.41, 5.74) is 2.07. The van der Waals surface area contributed by atoms with Crippen molar-refractivity contribution in [3.05, 3.63) is 41.7 Å². The van der Waals surface area contributed by atoms with Gasteiger partial charge in [0.2, 0.25) is 11.8 Å². The topological polar surface area (TPSA) is 84.2 Å². The van der Waals surface area contributed by atoms with Crippen LogP contribution < -0.4 is 10.6 Å². The van der Waals surface area contributed by atoms with E-state index in [9.17, 15) is 9.59 Å². The molecule has 138 valence electrons. The number of rotatable bonds is 5. The number of carbonyl (C=O) groups excluding carboxylic acids is 2. The van der Waals surface area contributed by atoms with E-state index in [1.165, 1.54) is 5.56 Å². The molecule has 2 aromatic rings. The van der Waals surface area contributed by atoms with E-state index in [1.807, 2.05) is 24.3 Å². The van der Waals surface area contributed by atoms with Crippen LogP contribution in [0.25, 0.3) is 0 Å². The summed E-state index contributed by atoms with van der Waals surface area (Å²) in [4.78, 5) is 24.8. The number of nitrogens with zero attached hydrogens (tertiary/aromatic N) is 1. The highest BCUT2D eigenvalue weighted by molar-refractivity contribution is 5.94. The van der Waals surface area contributed by atoms with Crippen molar-refractivity contribution in [1.82, 2.24) is 5.16 Å². The Hall–Kier alpha value is -2.63. The van der Waals surface area contributed by atoms with Crippen LogP contribution in [0.5, 0.6) is 0 Å². The number of aromatic nitrogens is 1. The zero-order valence-electron chi connectivity index (χ0n) is 15.2. The fraction of sp³-hybridized carbons (Fsp3) is 0.450. The van der Waals surface area contributed by atoms with Crippen LogP contribution in [0.4, 0.5) is 11.5 Å². The highest BCUT2D eigenvalue weighted by Crippen LogP contribution is 2.30. The van der Waals surface area contributed by atoms with E-state index in [0.29, 0.717) is 24.4 Å². The van der Waals surface area contributed by atoms with Gasteiger partial charge in [0.25, 0.3) is 0 Å². The Kier molecular flexibility index (Phi) is 5.71. The number of anilines is 2. The van der Waals surface area contributed by atoms with Gasteiger partial charge >= 0.3 is 0 Å². The smallest absolute Gasteiger partial charge is 0.228 e. The van der Waals surface area contributed by atoms with Crippen LogP contribution in [0.15, 0.2) is 34.9 Å². The minimum absolute atomic E-state index is 0.0419. The Morgan fingerprint density at radius 2 is 1.62 bits per heavy atom. The Bertz CT molecular complexity index is 759. The maximum absolute atomic E-state index is 12.5. The standard InChI is InChI=1S/C20H25N3O3/c1-3-14-4-10-17(11-5-14)21-19(24)15-6-8-16(9-7-15)20(25)22-18-12-13(2)26-23-18/h4-5,10-12,15-16H,3,6-9H2,1-2H3,(H,21,24)(H,22,23,25). The average molecular weight is 355 g/mol. The molecule has 2 N–H and O–H groups in total. The molecule has 0 unspecified atom stereocenters. The summed E-state index contributed by atoms with van der Waals surface area (Å²) < 4.78 is 4.95. The van der Waals surface area contributed by atoms with Gasteiger partial charge in [0.15, 0.2) is 5.82 Å². The Morgan fingerprint density at radius 3 is 2.12 bits per heavy atom. The number of hydrogen-bond acceptors (Lipinski definition) is 4. The van der Waals surface area contributed by atoms with Crippen molar-refractivity contribution in [2.24, 2.45) is 11.8 Å². The highest BCUT2D eigenvalue weighted by Gasteiger charge is 2.30. The molecule has 26 heavy (non-hydrogen) atoms. The predicted molar refractivity (Wildman–Crippen MR) is 99.8 cm³/mol. The summed E-state index contributed by atoms with van der Waals surface area (Å²) in [5.74, 6) is 0.974. The molecule has 0 spiro atoms. The number of amides is 2. The Balaban J connectivity index is 1.47. The third-order valence-corrected chi connectivity index (χ3v) is 4.98. The number of aryl methyl sites for hydroxylation is 2. The van der Waals surface area contributed by atoms with Crippen LogP contribution >= 0.6 is 0 Å². The summed E-state index contributed by atoms with van der Waals surface area (Å²) >= 11 is 0. The predicted octanol–water partition coefficient (Wildman–Crippen LogP) is 3.93. The fourth-order valence-corrected chi connectivity index (χ4v) is 3.34. The minimum Gasteiger partial charge on any atom is -0.360 e. The van der Waals surface area contributed by atoms with E-state index in [0.717, 1.165) is 24.9 Å². The van der Waals surface area contributed by atoms with Crippen LogP contribution in [0, 0.1) is 18.8 Å². The first-order valence-corrected chi connectivity index (χ1v) is 9.19. The molecule has 0 saturated heterocycles. The molecule has 1 heterocycles. The third-order valence-electron chi connectivity index (χ3n) is 4.98. The van der Waals surface area contributed by atoms with Gasteiger partial charge in [-0.25, -0.2) is 0 Å². The molecule has 1 saturated carbocycles. The van der Waals surface area contributed by atoms with Crippen molar-refractivity contribution in [3.63, 3.8) is 0 Å². The minimum atomic E-state index is -0.0834. The normalized spacial score (nSPS) is 19.8. The second-order valence-corrected chi connectivity index (χ2v) is 6.90. The molecule has 0 radical (unpaired) electrons. The highest BCUT2D eigenvalue weighted by atomic mass is 16.5. The van der Waals surface area contributed by atoms with Gasteiger partial charge in [-0.05, 0) is 56.7 Å². The molecule has 6 heteroatoms. The molecule has 2 amide bonds. The average Bonchev–Trinajstić information content (AvgIpc) is 3.07. The molecule has 0 aliphatic heterocycles. The van der Waals surface area contributed by atoms with Gasteiger partial charge in [-0.15, -0.1) is 0 Å². The summed E-state index contributed by atoms with van der Waals surface area (Å²) in [6.07, 6.45) is 3.82. The molecule has 1 aliphatic rings. The molecule has 3 rings (SSSR count). The maximum atomic E-state index is 12.5. The van der Waals surface area contributed by atoms with E-state index in [-0.39, 0.29) is 23.7 Å². The third kappa shape index (κ3) is 4.50. The first-order valence-electron chi connectivity index (χ1n) is 9.19. The molecule has 0 bridgehead atoms. The van der Waals surface area contributed by atoms with Crippen molar-refractivity contribution in [3.8, 4) is 0 Å². The largest absolute Gasteiger partial charge is 0.360 e. The van der Waals surface area contributed by atoms with Gasteiger partial charge in [-0.3, -0.25) is 9.59 Å². The monoisotopic (exact) mass is 355 g/mol. The summed E-state index contributed by atoms with van der Waals surface area (Å²) in [6, 6.07) is 9.64. The number of carbonyl (C=O) groups is 2. The Morgan fingerprint density at radius 1 is 1.04 bits per heavy atom. The molecule has 1 aliphatic carbocycles. The second-order valence-electron chi connectivity index (χ2n) is 6.90. The number of nitrogens with one attached hydrogen (secondary N) is 2. The number of hydrogen-bond donors (Lipinski definition) is 2. The maximum Gasteiger partial charge on any atom is 0.228 e. The van der Waals surface area contributed by atoms with E-state index < -0.39 is 0 Å². The molecule has 1 aromatic carbocycles. The van der Waals surface area contributed by atoms with Crippen LogP contribution in [-0.4, -0.2) is 17.0 Å². The van der Waals surface area contributed by atoms with Gasteiger partial charge < -0.3 is 15.2 Å². The first-order chi connectivity index (χ1) is 12.5. The number of benzene rings is 1. The van der Waals surface area contributed by atoms with Crippen LogP contribution in [0.3, 0.4) is 0 Å². The molecule has 1 aromatic heterocycles. The first kappa shape index (κ1) is 18.2. The molecule has 6 nitrogen and oxygen atoms in total. The van der Waals surface area contributed by atoms with Crippen molar-refractivity contribution >= 4 is 23.3 Å². The summed E-state index contributed by atoms with van der Waals surface area (Å²) in [5, 5.41) is 9.55. The van der Waals surface area contributed by atoms with Crippen LogP contribution in [-0.2, 0) is 16.0 Å². The molecular weight excluding hydrogens is 330 g/mol. The van der Waals surface area contributed by atoms with Crippen LogP contribution in [0.2, 0.25) is 0 Å². The van der Waals surface area contributed by atoms with Gasteiger partial charge in [0, 0.05) is 23.6 Å². The van der Waals surface area contributed by atoms with Crippen molar-refractivity contribution < 1.29 is 14.1 Å². The molecular formula is C20H25N3O3. The van der Waals surface area contributed by atoms with Gasteiger partial charge in [-0.1, -0.05) is 24.2 Å². The quantitative estimate of drug-likeness (QED) is 0.851. The summed E-state index contributed by atoms with van der Waals surface area (Å²) in [6.45, 7) is 3.88. The lowest BCUT2D eigenvalue weighted by Crippen LogP contribution is -2.32. The van der Waals surface area contributed by atoms with Gasteiger partial charge in [0.1, 0.15) is 5.76 Å². The van der Waals surface area contributed by atoms with E-state index in [4.69, 9.17) is 4.52 Å². The van der Waals surface area contributed by atoms with Crippen molar-refractivity contribution in [2.75, 3.05) is 10.6 Å². The fourth-order valence-electron chi connectivity index (χ4n) is 3.34. The summed E-state index contributed by atoms with van der Waals surface area (Å²) in [7, 11) is 0. The SMILES string of the molecule is CCc1ccc(NC(=O)C2CCC(C(=O)Nc3cc(C)on3)CC2)cc1. The lowest BCUT2D eigenvalue weighted by atomic mass is 9.81.